The van der Waals surface area contributed by atoms with E-state index in [0.29, 0.717) is 16.4 Å². The number of aromatic nitrogens is 3. The summed E-state index contributed by atoms with van der Waals surface area (Å²) in [4.78, 5) is 29.1. The zero-order valence-corrected chi connectivity index (χ0v) is 17.0. The van der Waals surface area contributed by atoms with Crippen molar-refractivity contribution >= 4 is 39.7 Å². The van der Waals surface area contributed by atoms with Gasteiger partial charge in [0.05, 0.1) is 17.0 Å². The van der Waals surface area contributed by atoms with Gasteiger partial charge in [-0.05, 0) is 24.6 Å². The summed E-state index contributed by atoms with van der Waals surface area (Å²) in [6.07, 6.45) is -2.78. The van der Waals surface area contributed by atoms with Crippen LogP contribution < -0.4 is 10.9 Å². The average Bonchev–Trinajstić information content (AvgIpc) is 3.05. The highest BCUT2D eigenvalue weighted by Gasteiger charge is 2.30. The van der Waals surface area contributed by atoms with Crippen molar-refractivity contribution < 1.29 is 18.0 Å². The van der Waals surface area contributed by atoms with Crippen molar-refractivity contribution in [3.05, 3.63) is 57.0 Å². The van der Waals surface area contributed by atoms with E-state index in [9.17, 15) is 22.8 Å². The number of alkyl halides is 3. The highest BCUT2D eigenvalue weighted by atomic mass is 32.2. The number of carbonyl (C=O) groups is 1. The molecular weight excluding hydrogens is 425 g/mol. The van der Waals surface area contributed by atoms with Crippen molar-refractivity contribution in [2.45, 2.75) is 31.7 Å². The van der Waals surface area contributed by atoms with Gasteiger partial charge in [-0.2, -0.15) is 22.8 Å². The fourth-order valence-electron chi connectivity index (χ4n) is 2.50. The van der Waals surface area contributed by atoms with Crippen LogP contribution in [0.25, 0.3) is 4.96 Å². The molecule has 0 saturated heterocycles. The Morgan fingerprint density at radius 1 is 1.31 bits per heavy atom. The summed E-state index contributed by atoms with van der Waals surface area (Å²) in [5.74, 6) is -0.0979. The van der Waals surface area contributed by atoms with Crippen LogP contribution in [0, 0.1) is 0 Å². The van der Waals surface area contributed by atoms with Crippen molar-refractivity contribution in [3.8, 4) is 0 Å². The second kappa shape index (κ2) is 8.95. The van der Waals surface area contributed by atoms with Crippen LogP contribution in [0.15, 0.2) is 35.1 Å². The number of fused-ring (bicyclic) bond motifs is 1. The number of thioether (sulfide) groups is 1. The van der Waals surface area contributed by atoms with E-state index in [2.05, 4.69) is 15.4 Å². The van der Waals surface area contributed by atoms with Gasteiger partial charge in [0.2, 0.25) is 10.9 Å². The minimum absolute atomic E-state index is 0.0150. The van der Waals surface area contributed by atoms with Gasteiger partial charge < -0.3 is 5.32 Å². The molecule has 0 atom stereocenters. The highest BCUT2D eigenvalue weighted by molar-refractivity contribution is 7.99. The maximum atomic E-state index is 12.7. The summed E-state index contributed by atoms with van der Waals surface area (Å²) < 4.78 is 39.5. The van der Waals surface area contributed by atoms with Crippen molar-refractivity contribution in [2.24, 2.45) is 0 Å². The molecule has 0 bridgehead atoms. The van der Waals surface area contributed by atoms with Crippen LogP contribution in [-0.4, -0.2) is 26.3 Å². The standard InChI is InChI=1S/C18H17F3N4O2S2/c1-2-4-15-24-25-16(27)8-13(23-17(25)29-15)9-28-10-14(26)22-12-6-3-5-11(7-12)18(19,20)21/h3,5-8H,2,4,9-10H2,1H3,(H,22,26). The van der Waals surface area contributed by atoms with E-state index in [4.69, 9.17) is 0 Å². The van der Waals surface area contributed by atoms with E-state index < -0.39 is 17.6 Å². The van der Waals surface area contributed by atoms with Gasteiger partial charge >= 0.3 is 6.18 Å². The second-order valence-electron chi connectivity index (χ2n) is 6.15. The van der Waals surface area contributed by atoms with Crippen LogP contribution in [0.1, 0.15) is 29.6 Å². The Balaban J connectivity index is 1.58. The van der Waals surface area contributed by atoms with Gasteiger partial charge in [0.25, 0.3) is 5.56 Å². The molecule has 2 aromatic heterocycles. The van der Waals surface area contributed by atoms with E-state index in [1.165, 1.54) is 45.8 Å². The number of anilines is 1. The Labute approximate surface area is 172 Å². The van der Waals surface area contributed by atoms with Crippen LogP contribution in [0.3, 0.4) is 0 Å². The van der Waals surface area contributed by atoms with Gasteiger partial charge in [0, 0.05) is 23.9 Å². The summed E-state index contributed by atoms with van der Waals surface area (Å²) in [5.41, 5.74) is -0.500. The highest BCUT2D eigenvalue weighted by Crippen LogP contribution is 2.30. The lowest BCUT2D eigenvalue weighted by atomic mass is 10.2. The predicted molar refractivity (Wildman–Crippen MR) is 107 cm³/mol. The van der Waals surface area contributed by atoms with Crippen molar-refractivity contribution in [1.29, 1.82) is 0 Å². The third-order valence-corrected chi connectivity index (χ3v) is 5.69. The molecule has 154 valence electrons. The lowest BCUT2D eigenvalue weighted by Crippen LogP contribution is -2.16. The molecule has 6 nitrogen and oxygen atoms in total. The van der Waals surface area contributed by atoms with Crippen molar-refractivity contribution in [2.75, 3.05) is 11.1 Å². The van der Waals surface area contributed by atoms with Gasteiger partial charge in [-0.15, -0.1) is 11.8 Å². The zero-order valence-electron chi connectivity index (χ0n) is 15.3. The second-order valence-corrected chi connectivity index (χ2v) is 8.17. The summed E-state index contributed by atoms with van der Waals surface area (Å²) >= 11 is 2.57. The average molecular weight is 442 g/mol. The largest absolute Gasteiger partial charge is 0.416 e. The van der Waals surface area contributed by atoms with E-state index >= 15 is 0 Å². The molecule has 0 radical (unpaired) electrons. The third kappa shape index (κ3) is 5.57. The lowest BCUT2D eigenvalue weighted by molar-refractivity contribution is -0.137. The fraction of sp³-hybridized carbons (Fsp3) is 0.333. The monoisotopic (exact) mass is 442 g/mol. The molecular formula is C18H17F3N4O2S2. The molecule has 0 spiro atoms. The Morgan fingerprint density at radius 3 is 2.83 bits per heavy atom. The molecule has 0 unspecified atom stereocenters. The molecule has 3 rings (SSSR count). The van der Waals surface area contributed by atoms with Crippen molar-refractivity contribution in [1.82, 2.24) is 14.6 Å². The number of nitrogens with one attached hydrogen (secondary N) is 1. The van der Waals surface area contributed by atoms with Gasteiger partial charge in [-0.25, -0.2) is 4.98 Å². The molecule has 1 N–H and O–H groups in total. The minimum atomic E-state index is -4.47. The summed E-state index contributed by atoms with van der Waals surface area (Å²) in [5, 5.41) is 7.51. The molecule has 2 heterocycles. The number of amides is 1. The molecule has 0 fully saturated rings. The number of rotatable bonds is 7. The molecule has 0 aliphatic carbocycles. The number of nitrogens with zero attached hydrogens (tertiary/aromatic N) is 3. The summed E-state index contributed by atoms with van der Waals surface area (Å²) in [7, 11) is 0. The van der Waals surface area contributed by atoms with E-state index in [0.717, 1.165) is 30.0 Å². The van der Waals surface area contributed by atoms with E-state index in [1.54, 1.807) is 0 Å². The number of carbonyl (C=O) groups excluding carboxylic acids is 1. The Bertz CT molecular complexity index is 1080. The maximum Gasteiger partial charge on any atom is 0.416 e. The zero-order chi connectivity index (χ0) is 21.0. The molecule has 1 amide bonds. The molecule has 0 aliphatic rings. The fourth-order valence-corrected chi connectivity index (χ4v) is 4.24. The maximum absolute atomic E-state index is 12.7. The topological polar surface area (TPSA) is 76.4 Å². The van der Waals surface area contributed by atoms with Crippen molar-refractivity contribution in [3.63, 3.8) is 0 Å². The van der Waals surface area contributed by atoms with Gasteiger partial charge in [-0.3, -0.25) is 9.59 Å². The van der Waals surface area contributed by atoms with Crippen LogP contribution in [0.4, 0.5) is 18.9 Å². The molecule has 11 heteroatoms. The van der Waals surface area contributed by atoms with Crippen LogP contribution in [-0.2, 0) is 23.1 Å². The van der Waals surface area contributed by atoms with Gasteiger partial charge in [0.1, 0.15) is 5.01 Å². The Morgan fingerprint density at radius 2 is 2.10 bits per heavy atom. The predicted octanol–water partition coefficient (Wildman–Crippen LogP) is 3.99. The molecule has 0 saturated carbocycles. The minimum Gasteiger partial charge on any atom is -0.325 e. The first-order chi connectivity index (χ1) is 13.8. The number of aryl methyl sites for hydroxylation is 1. The number of halogens is 3. The molecule has 0 aliphatic heterocycles. The third-order valence-electron chi connectivity index (χ3n) is 3.76. The number of hydrogen-bond donors (Lipinski definition) is 1. The summed E-state index contributed by atoms with van der Waals surface area (Å²) in [6.45, 7) is 2.02. The number of benzene rings is 1. The first-order valence-corrected chi connectivity index (χ1v) is 10.7. The normalized spacial score (nSPS) is 11.7. The van der Waals surface area contributed by atoms with E-state index in [1.807, 2.05) is 6.92 Å². The smallest absolute Gasteiger partial charge is 0.325 e. The first kappa shape index (κ1) is 21.3. The summed E-state index contributed by atoms with van der Waals surface area (Å²) in [6, 6.07) is 5.83. The SMILES string of the molecule is CCCc1nn2c(=O)cc(CSCC(=O)Nc3cccc(C(F)(F)F)c3)nc2s1. The molecule has 1 aromatic carbocycles. The lowest BCUT2D eigenvalue weighted by Gasteiger charge is -2.09. The van der Waals surface area contributed by atoms with Crippen LogP contribution >= 0.6 is 23.1 Å². The molecule has 3 aromatic rings. The van der Waals surface area contributed by atoms with E-state index in [-0.39, 0.29) is 17.0 Å². The van der Waals surface area contributed by atoms with Gasteiger partial charge in [-0.1, -0.05) is 24.3 Å². The van der Waals surface area contributed by atoms with Crippen LogP contribution in [0.5, 0.6) is 0 Å². The Hall–Kier alpha value is -2.40. The Kier molecular flexibility index (Phi) is 6.58. The number of hydrogen-bond acceptors (Lipinski definition) is 6. The molecule has 29 heavy (non-hydrogen) atoms. The first-order valence-electron chi connectivity index (χ1n) is 8.70. The van der Waals surface area contributed by atoms with Gasteiger partial charge in [0.15, 0.2) is 0 Å². The van der Waals surface area contributed by atoms with Crippen LogP contribution in [0.2, 0.25) is 0 Å². The quantitative estimate of drug-likeness (QED) is 0.599.